The number of aromatic nitrogens is 2. The highest BCUT2D eigenvalue weighted by molar-refractivity contribution is 5.99. The van der Waals surface area contributed by atoms with Crippen LogP contribution in [0.2, 0.25) is 0 Å². The molecule has 1 aliphatic heterocycles. The molecule has 0 aliphatic carbocycles. The van der Waals surface area contributed by atoms with Crippen molar-refractivity contribution in [2.45, 2.75) is 6.04 Å². The number of nitrogens with zero attached hydrogens (tertiary/aromatic N) is 2. The summed E-state index contributed by atoms with van der Waals surface area (Å²) in [7, 11) is 0. The summed E-state index contributed by atoms with van der Waals surface area (Å²) in [5, 5.41) is 3.09. The van der Waals surface area contributed by atoms with Crippen molar-refractivity contribution in [1.29, 1.82) is 0 Å². The number of ether oxygens (including phenoxy) is 1. The average Bonchev–Trinajstić information content (AvgIpc) is 2.30. The summed E-state index contributed by atoms with van der Waals surface area (Å²) in [6.45, 7) is 1.80. The molecule has 0 amide bonds. The molecule has 2 heterocycles. The Morgan fingerprint density at radius 2 is 2.29 bits per heavy atom. The van der Waals surface area contributed by atoms with Gasteiger partial charge in [-0.1, -0.05) is 0 Å². The summed E-state index contributed by atoms with van der Waals surface area (Å²) in [5.74, 6) is -0.00898. The van der Waals surface area contributed by atoms with E-state index in [0.717, 1.165) is 0 Å². The number of morpholine rings is 1. The molecule has 14 heavy (non-hydrogen) atoms. The highest BCUT2D eigenvalue weighted by Crippen LogP contribution is 2.03. The molecule has 0 saturated carbocycles. The first-order valence-electron chi connectivity index (χ1n) is 4.48. The van der Waals surface area contributed by atoms with Gasteiger partial charge in [-0.15, -0.1) is 0 Å². The first-order chi connectivity index (χ1) is 6.88. The maximum atomic E-state index is 11.8. The molecule has 0 bridgehead atoms. The highest BCUT2D eigenvalue weighted by Gasteiger charge is 2.22. The standard InChI is InChI=1S/C9H11N3O2/c13-9(7-3-10-6-11-4-7)8-5-14-2-1-12-8/h3-4,6,8,12H,1-2,5H2. The molecule has 1 aromatic rings. The van der Waals surface area contributed by atoms with Gasteiger partial charge in [-0.2, -0.15) is 0 Å². The van der Waals surface area contributed by atoms with Crippen LogP contribution in [0.3, 0.4) is 0 Å². The van der Waals surface area contributed by atoms with Crippen molar-refractivity contribution in [3.63, 3.8) is 0 Å². The van der Waals surface area contributed by atoms with E-state index in [1.54, 1.807) is 0 Å². The van der Waals surface area contributed by atoms with Crippen molar-refractivity contribution in [2.24, 2.45) is 0 Å². The van der Waals surface area contributed by atoms with E-state index in [2.05, 4.69) is 15.3 Å². The molecule has 1 N–H and O–H groups in total. The zero-order valence-corrected chi connectivity index (χ0v) is 7.64. The van der Waals surface area contributed by atoms with Gasteiger partial charge in [-0.25, -0.2) is 9.97 Å². The summed E-state index contributed by atoms with van der Waals surface area (Å²) in [6.07, 6.45) is 4.44. The molecular formula is C9H11N3O2. The molecule has 74 valence electrons. The average molecular weight is 193 g/mol. The van der Waals surface area contributed by atoms with E-state index in [-0.39, 0.29) is 11.8 Å². The molecule has 5 nitrogen and oxygen atoms in total. The molecule has 0 spiro atoms. The van der Waals surface area contributed by atoms with E-state index in [4.69, 9.17) is 4.74 Å². The normalized spacial score (nSPS) is 21.9. The lowest BCUT2D eigenvalue weighted by molar-refractivity contribution is 0.0607. The second-order valence-corrected chi connectivity index (χ2v) is 3.07. The summed E-state index contributed by atoms with van der Waals surface area (Å²) in [5.41, 5.74) is 0.524. The van der Waals surface area contributed by atoms with Gasteiger partial charge >= 0.3 is 0 Å². The monoisotopic (exact) mass is 193 g/mol. The van der Waals surface area contributed by atoms with Crippen LogP contribution in [0.5, 0.6) is 0 Å². The Morgan fingerprint density at radius 3 is 2.93 bits per heavy atom. The van der Waals surface area contributed by atoms with Gasteiger partial charge < -0.3 is 10.1 Å². The second-order valence-electron chi connectivity index (χ2n) is 3.07. The topological polar surface area (TPSA) is 64.1 Å². The minimum Gasteiger partial charge on any atom is -0.378 e. The van der Waals surface area contributed by atoms with E-state index in [0.29, 0.717) is 25.3 Å². The minimum atomic E-state index is -0.255. The van der Waals surface area contributed by atoms with Gasteiger partial charge in [0.25, 0.3) is 0 Å². The summed E-state index contributed by atoms with van der Waals surface area (Å²) in [4.78, 5) is 19.4. The summed E-state index contributed by atoms with van der Waals surface area (Å²) in [6, 6.07) is -0.255. The van der Waals surface area contributed by atoms with Crippen LogP contribution in [-0.4, -0.2) is 41.6 Å². The van der Waals surface area contributed by atoms with Crippen LogP contribution in [0, 0.1) is 0 Å². The van der Waals surface area contributed by atoms with Crippen LogP contribution in [0.25, 0.3) is 0 Å². The molecule has 1 aliphatic rings. The largest absolute Gasteiger partial charge is 0.378 e. The number of Topliss-reactive ketones (excluding diaryl/α,β-unsaturated/α-hetero) is 1. The van der Waals surface area contributed by atoms with Crippen LogP contribution in [0.4, 0.5) is 0 Å². The summed E-state index contributed by atoms with van der Waals surface area (Å²) < 4.78 is 5.20. The number of hydrogen-bond donors (Lipinski definition) is 1. The summed E-state index contributed by atoms with van der Waals surface area (Å²) >= 11 is 0. The van der Waals surface area contributed by atoms with Crippen molar-refractivity contribution in [3.8, 4) is 0 Å². The van der Waals surface area contributed by atoms with Gasteiger partial charge in [-0.05, 0) is 0 Å². The zero-order chi connectivity index (χ0) is 9.80. The van der Waals surface area contributed by atoms with E-state index in [1.165, 1.54) is 18.7 Å². The fourth-order valence-electron chi connectivity index (χ4n) is 1.36. The van der Waals surface area contributed by atoms with Gasteiger partial charge in [0.2, 0.25) is 0 Å². The van der Waals surface area contributed by atoms with E-state index >= 15 is 0 Å². The maximum Gasteiger partial charge on any atom is 0.185 e. The van der Waals surface area contributed by atoms with Gasteiger partial charge in [0.05, 0.1) is 24.8 Å². The van der Waals surface area contributed by atoms with Crippen LogP contribution in [0.15, 0.2) is 18.7 Å². The van der Waals surface area contributed by atoms with Crippen molar-refractivity contribution < 1.29 is 9.53 Å². The lowest BCUT2D eigenvalue weighted by atomic mass is 10.1. The predicted octanol–water partition coefficient (Wildman–Crippen LogP) is -0.352. The van der Waals surface area contributed by atoms with E-state index in [9.17, 15) is 4.79 Å². The number of carbonyl (C=O) groups is 1. The predicted molar refractivity (Wildman–Crippen MR) is 49.0 cm³/mol. The van der Waals surface area contributed by atoms with Crippen molar-refractivity contribution >= 4 is 5.78 Å². The van der Waals surface area contributed by atoms with Crippen LogP contribution in [-0.2, 0) is 4.74 Å². The molecule has 0 radical (unpaired) electrons. The molecule has 0 aromatic carbocycles. The number of hydrogen-bond acceptors (Lipinski definition) is 5. The Morgan fingerprint density at radius 1 is 1.50 bits per heavy atom. The van der Waals surface area contributed by atoms with Crippen molar-refractivity contribution in [1.82, 2.24) is 15.3 Å². The third-order valence-corrected chi connectivity index (χ3v) is 2.08. The Labute approximate surface area is 81.5 Å². The Hall–Kier alpha value is -1.33. The molecule has 1 fully saturated rings. The zero-order valence-electron chi connectivity index (χ0n) is 7.64. The van der Waals surface area contributed by atoms with Gasteiger partial charge in [-0.3, -0.25) is 4.79 Å². The number of carbonyl (C=O) groups excluding carboxylic acids is 1. The van der Waals surface area contributed by atoms with Gasteiger partial charge in [0.15, 0.2) is 5.78 Å². The highest BCUT2D eigenvalue weighted by atomic mass is 16.5. The molecule has 1 atom stereocenters. The van der Waals surface area contributed by atoms with E-state index < -0.39 is 0 Å². The fourth-order valence-corrected chi connectivity index (χ4v) is 1.36. The minimum absolute atomic E-state index is 0.00898. The van der Waals surface area contributed by atoms with Crippen molar-refractivity contribution in [2.75, 3.05) is 19.8 Å². The lowest BCUT2D eigenvalue weighted by Crippen LogP contribution is -2.46. The molecular weight excluding hydrogens is 182 g/mol. The first-order valence-corrected chi connectivity index (χ1v) is 4.48. The molecule has 1 unspecified atom stereocenters. The van der Waals surface area contributed by atoms with Crippen LogP contribution >= 0.6 is 0 Å². The molecule has 1 aromatic heterocycles. The van der Waals surface area contributed by atoms with E-state index in [1.807, 2.05) is 0 Å². The maximum absolute atomic E-state index is 11.8. The third-order valence-electron chi connectivity index (χ3n) is 2.08. The molecule has 1 saturated heterocycles. The Kier molecular flexibility index (Phi) is 2.81. The number of rotatable bonds is 2. The lowest BCUT2D eigenvalue weighted by Gasteiger charge is -2.22. The molecule has 2 rings (SSSR count). The SMILES string of the molecule is O=C(c1cncnc1)C1COCCN1. The second kappa shape index (κ2) is 4.26. The molecule has 5 heteroatoms. The Balaban J connectivity index is 2.07. The number of ketones is 1. The number of nitrogens with one attached hydrogen (secondary N) is 1. The van der Waals surface area contributed by atoms with Crippen LogP contribution < -0.4 is 5.32 Å². The third kappa shape index (κ3) is 1.94. The van der Waals surface area contributed by atoms with Crippen LogP contribution in [0.1, 0.15) is 10.4 Å². The van der Waals surface area contributed by atoms with Gasteiger partial charge in [0, 0.05) is 18.9 Å². The fraction of sp³-hybridized carbons (Fsp3) is 0.444. The first kappa shape index (κ1) is 9.23. The quantitative estimate of drug-likeness (QED) is 0.650. The van der Waals surface area contributed by atoms with Crippen molar-refractivity contribution in [3.05, 3.63) is 24.3 Å². The van der Waals surface area contributed by atoms with Gasteiger partial charge in [0.1, 0.15) is 6.33 Å². The smallest absolute Gasteiger partial charge is 0.185 e. The Bertz CT molecular complexity index is 309.